The lowest BCUT2D eigenvalue weighted by molar-refractivity contribution is 0.102. The van der Waals surface area contributed by atoms with Gasteiger partial charge < -0.3 is 14.8 Å². The number of aryl methyl sites for hydroxylation is 1. The fourth-order valence-corrected chi connectivity index (χ4v) is 2.52. The smallest absolute Gasteiger partial charge is 0.255 e. The van der Waals surface area contributed by atoms with Gasteiger partial charge in [0, 0.05) is 11.3 Å². The maximum atomic E-state index is 13.2. The Hall–Kier alpha value is -3.34. The van der Waals surface area contributed by atoms with Gasteiger partial charge >= 0.3 is 0 Å². The quantitative estimate of drug-likeness (QED) is 0.688. The van der Waals surface area contributed by atoms with E-state index in [2.05, 4.69) is 5.32 Å². The number of anilines is 1. The van der Waals surface area contributed by atoms with Crippen molar-refractivity contribution in [1.82, 2.24) is 0 Å². The molecule has 4 nitrogen and oxygen atoms in total. The fraction of sp³-hybridized carbons (Fsp3) is 0.0952. The largest absolute Gasteiger partial charge is 0.493 e. The summed E-state index contributed by atoms with van der Waals surface area (Å²) in [6.07, 6.45) is 0. The molecule has 0 fully saturated rings. The highest BCUT2D eigenvalue weighted by molar-refractivity contribution is 6.05. The average molecular weight is 351 g/mol. The summed E-state index contributed by atoms with van der Waals surface area (Å²) in [6, 6.07) is 18.4. The summed E-state index contributed by atoms with van der Waals surface area (Å²) in [5.41, 5.74) is 1.63. The van der Waals surface area contributed by atoms with E-state index >= 15 is 0 Å². The van der Waals surface area contributed by atoms with Crippen LogP contribution < -0.4 is 14.8 Å². The molecule has 0 spiro atoms. The molecule has 1 N–H and O–H groups in total. The number of carbonyl (C=O) groups excluding carboxylic acids is 1. The van der Waals surface area contributed by atoms with Crippen molar-refractivity contribution in [2.75, 3.05) is 12.4 Å². The van der Waals surface area contributed by atoms with Gasteiger partial charge in [-0.25, -0.2) is 4.39 Å². The molecule has 3 rings (SSSR count). The minimum atomic E-state index is -0.364. The molecule has 0 aliphatic carbocycles. The lowest BCUT2D eigenvalue weighted by Gasteiger charge is -2.11. The first-order valence-electron chi connectivity index (χ1n) is 8.05. The number of hydrogen-bond acceptors (Lipinski definition) is 3. The highest BCUT2D eigenvalue weighted by Gasteiger charge is 2.10. The molecule has 1 amide bonds. The van der Waals surface area contributed by atoms with Gasteiger partial charge in [-0.05, 0) is 67.1 Å². The Morgan fingerprint density at radius 2 is 1.65 bits per heavy atom. The summed E-state index contributed by atoms with van der Waals surface area (Å²) in [7, 11) is 1.58. The molecule has 3 aromatic rings. The summed E-state index contributed by atoms with van der Waals surface area (Å²) >= 11 is 0. The monoisotopic (exact) mass is 351 g/mol. The number of hydrogen-bond donors (Lipinski definition) is 1. The highest BCUT2D eigenvalue weighted by atomic mass is 19.1. The topological polar surface area (TPSA) is 47.6 Å². The van der Waals surface area contributed by atoms with Crippen LogP contribution in [0.3, 0.4) is 0 Å². The first-order valence-corrected chi connectivity index (χ1v) is 8.05. The van der Waals surface area contributed by atoms with Gasteiger partial charge in [0.2, 0.25) is 0 Å². The lowest BCUT2D eigenvalue weighted by Crippen LogP contribution is -2.13. The molecular weight excluding hydrogens is 333 g/mol. The van der Waals surface area contributed by atoms with E-state index in [4.69, 9.17) is 9.47 Å². The molecule has 3 aromatic carbocycles. The van der Waals surface area contributed by atoms with E-state index in [1.165, 1.54) is 18.2 Å². The zero-order valence-corrected chi connectivity index (χ0v) is 14.5. The molecule has 132 valence electrons. The molecule has 0 unspecified atom stereocenters. The second-order valence-corrected chi connectivity index (χ2v) is 5.69. The van der Waals surface area contributed by atoms with Crippen molar-refractivity contribution in [3.63, 3.8) is 0 Å². The maximum Gasteiger partial charge on any atom is 0.255 e. The van der Waals surface area contributed by atoms with Crippen LogP contribution >= 0.6 is 0 Å². The van der Waals surface area contributed by atoms with Crippen LogP contribution in [0.4, 0.5) is 10.1 Å². The van der Waals surface area contributed by atoms with E-state index in [9.17, 15) is 9.18 Å². The van der Waals surface area contributed by atoms with Crippen molar-refractivity contribution in [3.05, 3.63) is 83.7 Å². The van der Waals surface area contributed by atoms with Crippen LogP contribution in [0.1, 0.15) is 15.9 Å². The van der Waals surface area contributed by atoms with E-state index in [0.29, 0.717) is 34.1 Å². The summed E-state index contributed by atoms with van der Waals surface area (Å²) in [4.78, 5) is 12.3. The normalized spacial score (nSPS) is 10.3. The first kappa shape index (κ1) is 17.5. The van der Waals surface area contributed by atoms with E-state index in [1.54, 1.807) is 38.3 Å². The van der Waals surface area contributed by atoms with Crippen LogP contribution in [0.15, 0.2) is 66.7 Å². The standard InChI is InChI=1S/C21H18FNO3/c1-14-13-15(22)7-12-18(14)21(24)23-16-8-10-17(11-9-16)26-20-6-4-3-5-19(20)25-2/h3-13H,1-2H3,(H,23,24). The van der Waals surface area contributed by atoms with Gasteiger partial charge in [-0.3, -0.25) is 4.79 Å². The Kier molecular flexibility index (Phi) is 5.17. The third kappa shape index (κ3) is 4.00. The molecule has 26 heavy (non-hydrogen) atoms. The van der Waals surface area contributed by atoms with Gasteiger partial charge in [0.05, 0.1) is 7.11 Å². The first-order chi connectivity index (χ1) is 12.6. The van der Waals surface area contributed by atoms with Crippen LogP contribution in [0.25, 0.3) is 0 Å². The summed E-state index contributed by atoms with van der Waals surface area (Å²) in [6.45, 7) is 1.70. The molecule has 0 heterocycles. The molecule has 0 atom stereocenters. The third-order valence-electron chi connectivity index (χ3n) is 3.84. The summed E-state index contributed by atoms with van der Waals surface area (Å²) < 4.78 is 24.2. The molecule has 0 radical (unpaired) electrons. The van der Waals surface area contributed by atoms with Gasteiger partial charge in [-0.1, -0.05) is 12.1 Å². The van der Waals surface area contributed by atoms with Crippen molar-refractivity contribution in [2.45, 2.75) is 6.92 Å². The number of nitrogens with one attached hydrogen (secondary N) is 1. The maximum absolute atomic E-state index is 13.2. The van der Waals surface area contributed by atoms with Crippen LogP contribution in [0.2, 0.25) is 0 Å². The van der Waals surface area contributed by atoms with Crippen molar-refractivity contribution >= 4 is 11.6 Å². The van der Waals surface area contributed by atoms with Crippen LogP contribution in [-0.4, -0.2) is 13.0 Å². The minimum absolute atomic E-state index is 0.291. The van der Waals surface area contributed by atoms with Gasteiger partial charge in [-0.2, -0.15) is 0 Å². The van der Waals surface area contributed by atoms with Gasteiger partial charge in [-0.15, -0.1) is 0 Å². The lowest BCUT2D eigenvalue weighted by atomic mass is 10.1. The Balaban J connectivity index is 1.70. The minimum Gasteiger partial charge on any atom is -0.493 e. The molecular formula is C21H18FNO3. The molecule has 0 saturated carbocycles. The van der Waals surface area contributed by atoms with Crippen molar-refractivity contribution in [3.8, 4) is 17.2 Å². The van der Waals surface area contributed by atoms with Gasteiger partial charge in [0.25, 0.3) is 5.91 Å². The molecule has 0 aliphatic rings. The Morgan fingerprint density at radius 3 is 2.31 bits per heavy atom. The van der Waals surface area contributed by atoms with Gasteiger partial charge in [0.1, 0.15) is 11.6 Å². The van der Waals surface area contributed by atoms with Crippen molar-refractivity contribution < 1.29 is 18.7 Å². The fourth-order valence-electron chi connectivity index (χ4n) is 2.52. The van der Waals surface area contributed by atoms with E-state index in [-0.39, 0.29) is 11.7 Å². The third-order valence-corrected chi connectivity index (χ3v) is 3.84. The summed E-state index contributed by atoms with van der Waals surface area (Å²) in [5, 5.41) is 2.79. The molecule has 0 aromatic heterocycles. The SMILES string of the molecule is COc1ccccc1Oc1ccc(NC(=O)c2ccc(F)cc2C)cc1. The van der Waals surface area contributed by atoms with Crippen molar-refractivity contribution in [1.29, 1.82) is 0 Å². The van der Waals surface area contributed by atoms with Crippen LogP contribution in [0, 0.1) is 12.7 Å². The molecule has 0 saturated heterocycles. The Bertz CT molecular complexity index is 923. The number of amides is 1. The number of benzene rings is 3. The molecule has 5 heteroatoms. The molecule has 0 aliphatic heterocycles. The van der Waals surface area contributed by atoms with Gasteiger partial charge in [0.15, 0.2) is 11.5 Å². The number of para-hydroxylation sites is 2. The highest BCUT2D eigenvalue weighted by Crippen LogP contribution is 2.31. The number of ether oxygens (including phenoxy) is 2. The average Bonchev–Trinajstić information content (AvgIpc) is 2.63. The van der Waals surface area contributed by atoms with E-state index in [0.717, 1.165) is 0 Å². The predicted molar refractivity (Wildman–Crippen MR) is 98.6 cm³/mol. The predicted octanol–water partition coefficient (Wildman–Crippen LogP) is 5.19. The number of methoxy groups -OCH3 is 1. The second kappa shape index (κ2) is 7.70. The second-order valence-electron chi connectivity index (χ2n) is 5.69. The number of halogens is 1. The zero-order chi connectivity index (χ0) is 18.5. The van der Waals surface area contributed by atoms with Crippen molar-refractivity contribution in [2.24, 2.45) is 0 Å². The van der Waals surface area contributed by atoms with Crippen LogP contribution in [0.5, 0.6) is 17.2 Å². The number of rotatable bonds is 5. The van der Waals surface area contributed by atoms with Crippen LogP contribution in [-0.2, 0) is 0 Å². The Morgan fingerprint density at radius 1 is 0.962 bits per heavy atom. The zero-order valence-electron chi connectivity index (χ0n) is 14.5. The molecule has 0 bridgehead atoms. The summed E-state index contributed by atoms with van der Waals surface area (Å²) in [5.74, 6) is 1.20. The number of carbonyl (C=O) groups is 1. The van der Waals surface area contributed by atoms with E-state index < -0.39 is 0 Å². The Labute approximate surface area is 151 Å². The van der Waals surface area contributed by atoms with E-state index in [1.807, 2.05) is 24.3 Å².